The third kappa shape index (κ3) is 3.71. The quantitative estimate of drug-likeness (QED) is 0.393. The highest BCUT2D eigenvalue weighted by Crippen LogP contribution is 2.22. The van der Waals surface area contributed by atoms with Crippen LogP contribution in [0.1, 0.15) is 16.8 Å². The fourth-order valence-corrected chi connectivity index (χ4v) is 4.36. The highest BCUT2D eigenvalue weighted by atomic mass is 16.5. The summed E-state index contributed by atoms with van der Waals surface area (Å²) in [7, 11) is 1.60. The highest BCUT2D eigenvalue weighted by Gasteiger charge is 2.21. The van der Waals surface area contributed by atoms with E-state index in [2.05, 4.69) is 4.98 Å². The molecule has 0 aliphatic heterocycles. The van der Waals surface area contributed by atoms with Gasteiger partial charge in [-0.3, -0.25) is 14.3 Å². The van der Waals surface area contributed by atoms with E-state index in [-0.39, 0.29) is 11.1 Å². The second-order valence-electron chi connectivity index (χ2n) is 8.07. The minimum Gasteiger partial charge on any atom is -0.496 e. The Balaban J connectivity index is 1.76. The first-order valence-corrected chi connectivity index (χ1v) is 11.0. The maximum atomic E-state index is 13.8. The number of benzene rings is 2. The fraction of sp³-hybridized carbons (Fsp3) is 0.148. The zero-order valence-electron chi connectivity index (χ0n) is 19.0. The molecule has 3 heterocycles. The zero-order valence-corrected chi connectivity index (χ0v) is 19.0. The summed E-state index contributed by atoms with van der Waals surface area (Å²) in [6.45, 7) is 2.54. The molecule has 0 aliphatic carbocycles. The van der Waals surface area contributed by atoms with Crippen LogP contribution in [0.25, 0.3) is 16.7 Å². The van der Waals surface area contributed by atoms with Gasteiger partial charge in [-0.15, -0.1) is 0 Å². The summed E-state index contributed by atoms with van der Waals surface area (Å²) in [5, 5.41) is 0.496. The number of para-hydroxylation sites is 1. The van der Waals surface area contributed by atoms with Gasteiger partial charge in [-0.25, -0.2) is 4.98 Å². The van der Waals surface area contributed by atoms with Crippen LogP contribution in [-0.2, 0) is 13.1 Å². The van der Waals surface area contributed by atoms with Crippen molar-refractivity contribution in [1.29, 1.82) is 0 Å². The highest BCUT2D eigenvalue weighted by molar-refractivity contribution is 5.81. The van der Waals surface area contributed by atoms with Gasteiger partial charge in [-0.05, 0) is 30.7 Å². The fourth-order valence-electron chi connectivity index (χ4n) is 4.36. The number of hydrogen-bond acceptors (Lipinski definition) is 4. The second-order valence-corrected chi connectivity index (χ2v) is 8.07. The Morgan fingerprint density at radius 3 is 2.35 bits per heavy atom. The SMILES string of the molecule is COc1ccccc1Cn1c(C)c2c(=O)n(-c3ccccn3)n(Cc3ccccc3)c2cc1=O. The number of hydrogen-bond donors (Lipinski definition) is 0. The van der Waals surface area contributed by atoms with Gasteiger partial charge in [0.15, 0.2) is 5.82 Å². The summed E-state index contributed by atoms with van der Waals surface area (Å²) in [4.78, 5) is 31.5. The van der Waals surface area contributed by atoms with Crippen molar-refractivity contribution in [1.82, 2.24) is 18.9 Å². The first-order valence-electron chi connectivity index (χ1n) is 11.0. The number of pyridine rings is 2. The molecule has 0 unspecified atom stereocenters. The van der Waals surface area contributed by atoms with Crippen LogP contribution in [0.15, 0.2) is 94.6 Å². The largest absolute Gasteiger partial charge is 0.496 e. The average molecular weight is 453 g/mol. The molecule has 170 valence electrons. The Kier molecular flexibility index (Phi) is 5.59. The lowest BCUT2D eigenvalue weighted by Gasteiger charge is -2.14. The topological polar surface area (TPSA) is 71.0 Å². The van der Waals surface area contributed by atoms with Crippen molar-refractivity contribution in [3.8, 4) is 11.6 Å². The van der Waals surface area contributed by atoms with Gasteiger partial charge >= 0.3 is 0 Å². The van der Waals surface area contributed by atoms with Gasteiger partial charge in [-0.1, -0.05) is 54.6 Å². The Morgan fingerprint density at radius 2 is 1.62 bits per heavy atom. The van der Waals surface area contributed by atoms with E-state index >= 15 is 0 Å². The number of rotatable bonds is 6. The molecule has 0 amide bonds. The third-order valence-corrected chi connectivity index (χ3v) is 6.04. The second kappa shape index (κ2) is 8.86. The summed E-state index contributed by atoms with van der Waals surface area (Å²) in [6, 6.07) is 24.4. The number of methoxy groups -OCH3 is 1. The molecule has 0 saturated carbocycles. The maximum absolute atomic E-state index is 13.8. The van der Waals surface area contributed by atoms with Crippen molar-refractivity contribution in [2.24, 2.45) is 0 Å². The average Bonchev–Trinajstić information content (AvgIpc) is 3.13. The standard InChI is InChI=1S/C27H24N4O3/c1-19-26-22(16-25(32)29(19)18-21-12-6-7-13-23(21)34-2)30(17-20-10-4-3-5-11-20)31(27(26)33)24-14-8-9-15-28-24/h3-16H,17-18H2,1-2H3. The van der Waals surface area contributed by atoms with Gasteiger partial charge in [0, 0.05) is 23.5 Å². The molecular weight excluding hydrogens is 428 g/mol. The smallest absolute Gasteiger partial charge is 0.282 e. The van der Waals surface area contributed by atoms with Gasteiger partial charge in [0.25, 0.3) is 11.1 Å². The van der Waals surface area contributed by atoms with E-state index in [1.165, 1.54) is 0 Å². The van der Waals surface area contributed by atoms with Crippen LogP contribution in [0.4, 0.5) is 0 Å². The molecule has 34 heavy (non-hydrogen) atoms. The van der Waals surface area contributed by atoms with E-state index < -0.39 is 0 Å². The van der Waals surface area contributed by atoms with Crippen LogP contribution in [0, 0.1) is 6.92 Å². The van der Waals surface area contributed by atoms with E-state index in [1.54, 1.807) is 40.8 Å². The van der Waals surface area contributed by atoms with Crippen LogP contribution >= 0.6 is 0 Å². The predicted octanol–water partition coefficient (Wildman–Crippen LogP) is 3.76. The summed E-state index contributed by atoms with van der Waals surface area (Å²) in [5.41, 5.74) is 2.67. The van der Waals surface area contributed by atoms with Crippen molar-refractivity contribution < 1.29 is 4.74 Å². The lowest BCUT2D eigenvalue weighted by molar-refractivity contribution is 0.408. The van der Waals surface area contributed by atoms with E-state index in [1.807, 2.05) is 72.3 Å². The van der Waals surface area contributed by atoms with Crippen molar-refractivity contribution in [2.75, 3.05) is 7.11 Å². The lowest BCUT2D eigenvalue weighted by Crippen LogP contribution is -2.24. The summed E-state index contributed by atoms with van der Waals surface area (Å²) < 4.78 is 10.5. The molecular formula is C27H24N4O3. The van der Waals surface area contributed by atoms with Crippen molar-refractivity contribution in [3.05, 3.63) is 123 Å². The van der Waals surface area contributed by atoms with Gasteiger partial charge in [0.05, 0.1) is 31.1 Å². The Hall–Kier alpha value is -4.39. The van der Waals surface area contributed by atoms with E-state index in [9.17, 15) is 9.59 Å². The molecule has 7 nitrogen and oxygen atoms in total. The number of nitrogens with zero attached hydrogens (tertiary/aromatic N) is 4. The van der Waals surface area contributed by atoms with Crippen LogP contribution in [0.2, 0.25) is 0 Å². The number of aryl methyl sites for hydroxylation is 1. The first-order chi connectivity index (χ1) is 16.6. The van der Waals surface area contributed by atoms with Crippen LogP contribution < -0.4 is 15.9 Å². The molecule has 0 aliphatic rings. The summed E-state index contributed by atoms with van der Waals surface area (Å²) in [5.74, 6) is 1.20. The molecule has 0 N–H and O–H groups in total. The van der Waals surface area contributed by atoms with E-state index in [0.29, 0.717) is 41.3 Å². The van der Waals surface area contributed by atoms with Crippen LogP contribution in [-0.4, -0.2) is 26.0 Å². The Labute approximate surface area is 196 Å². The Morgan fingerprint density at radius 1 is 0.882 bits per heavy atom. The first kappa shape index (κ1) is 21.5. The van der Waals surface area contributed by atoms with E-state index in [4.69, 9.17) is 4.74 Å². The maximum Gasteiger partial charge on any atom is 0.282 e. The molecule has 0 fully saturated rings. The predicted molar refractivity (Wildman–Crippen MR) is 132 cm³/mol. The van der Waals surface area contributed by atoms with Crippen molar-refractivity contribution in [3.63, 3.8) is 0 Å². The molecule has 5 aromatic rings. The van der Waals surface area contributed by atoms with Crippen LogP contribution in [0.5, 0.6) is 5.75 Å². The zero-order chi connectivity index (χ0) is 23.7. The number of aromatic nitrogens is 4. The molecule has 3 aromatic heterocycles. The number of ether oxygens (including phenoxy) is 1. The van der Waals surface area contributed by atoms with Crippen molar-refractivity contribution in [2.45, 2.75) is 20.0 Å². The third-order valence-electron chi connectivity index (χ3n) is 6.04. The monoisotopic (exact) mass is 452 g/mol. The molecule has 0 saturated heterocycles. The van der Waals surface area contributed by atoms with Gasteiger partial charge in [-0.2, -0.15) is 4.68 Å². The molecule has 7 heteroatoms. The molecule has 0 bridgehead atoms. The molecule has 5 rings (SSSR count). The molecule has 0 spiro atoms. The normalized spacial score (nSPS) is 11.1. The minimum absolute atomic E-state index is 0.184. The molecule has 0 atom stereocenters. The summed E-state index contributed by atoms with van der Waals surface area (Å²) in [6.07, 6.45) is 1.65. The van der Waals surface area contributed by atoms with Crippen LogP contribution in [0.3, 0.4) is 0 Å². The lowest BCUT2D eigenvalue weighted by atomic mass is 10.1. The van der Waals surface area contributed by atoms with E-state index in [0.717, 1.165) is 11.1 Å². The van der Waals surface area contributed by atoms with Crippen molar-refractivity contribution >= 4 is 10.9 Å². The number of fused-ring (bicyclic) bond motifs is 1. The molecule has 2 aromatic carbocycles. The molecule has 0 radical (unpaired) electrons. The van der Waals surface area contributed by atoms with Gasteiger partial charge in [0.1, 0.15) is 5.75 Å². The van der Waals surface area contributed by atoms with Gasteiger partial charge < -0.3 is 9.30 Å². The Bertz CT molecular complexity index is 1580. The van der Waals surface area contributed by atoms with Gasteiger partial charge in [0.2, 0.25) is 0 Å². The minimum atomic E-state index is -0.212. The summed E-state index contributed by atoms with van der Waals surface area (Å²) >= 11 is 0.